The number of alkyl halides is 3. The van der Waals surface area contributed by atoms with Crippen molar-refractivity contribution in [2.45, 2.75) is 17.6 Å². The van der Waals surface area contributed by atoms with E-state index in [0.717, 1.165) is 0 Å². The summed E-state index contributed by atoms with van der Waals surface area (Å²) in [5.74, 6) is 0. The molecule has 0 heterocycles. The van der Waals surface area contributed by atoms with E-state index in [0.29, 0.717) is 5.56 Å². The average Bonchev–Trinajstić information content (AvgIpc) is 2.32. The SMILES string of the molecule is NS(=O)(=O)c1cccc(CNC(=O)NCC(F)(F)F)c1. The molecule has 0 spiro atoms. The molecule has 0 aromatic heterocycles. The number of urea groups is 1. The van der Waals surface area contributed by atoms with Crippen molar-refractivity contribution in [3.8, 4) is 0 Å². The fourth-order valence-electron chi connectivity index (χ4n) is 1.26. The molecule has 0 fully saturated rings. The quantitative estimate of drug-likeness (QED) is 0.762. The molecule has 0 saturated heterocycles. The molecule has 1 aromatic carbocycles. The summed E-state index contributed by atoms with van der Waals surface area (Å²) in [6.45, 7) is -1.58. The summed E-state index contributed by atoms with van der Waals surface area (Å²) in [7, 11) is -3.87. The van der Waals surface area contributed by atoms with Crippen molar-refractivity contribution < 1.29 is 26.4 Å². The highest BCUT2D eigenvalue weighted by molar-refractivity contribution is 7.89. The van der Waals surface area contributed by atoms with Crippen LogP contribution in [-0.4, -0.2) is 27.2 Å². The Morgan fingerprint density at radius 1 is 1.25 bits per heavy atom. The lowest BCUT2D eigenvalue weighted by Gasteiger charge is -2.10. The fraction of sp³-hybridized carbons (Fsp3) is 0.300. The maximum absolute atomic E-state index is 11.8. The van der Waals surface area contributed by atoms with Crippen molar-refractivity contribution >= 4 is 16.1 Å². The van der Waals surface area contributed by atoms with Crippen LogP contribution in [0.4, 0.5) is 18.0 Å². The van der Waals surface area contributed by atoms with Gasteiger partial charge in [0.25, 0.3) is 0 Å². The Bertz CT molecular complexity index is 587. The minimum absolute atomic E-state index is 0.132. The van der Waals surface area contributed by atoms with Crippen molar-refractivity contribution in [2.75, 3.05) is 6.54 Å². The number of nitrogens with two attached hydrogens (primary N) is 1. The van der Waals surface area contributed by atoms with Crippen LogP contribution >= 0.6 is 0 Å². The van der Waals surface area contributed by atoms with Gasteiger partial charge in [0, 0.05) is 6.54 Å². The normalized spacial score (nSPS) is 12.0. The van der Waals surface area contributed by atoms with E-state index in [1.807, 2.05) is 0 Å². The highest BCUT2D eigenvalue weighted by Gasteiger charge is 2.27. The van der Waals surface area contributed by atoms with E-state index in [-0.39, 0.29) is 11.4 Å². The molecule has 0 atom stereocenters. The molecule has 0 unspecified atom stereocenters. The zero-order chi connectivity index (χ0) is 15.4. The van der Waals surface area contributed by atoms with Crippen molar-refractivity contribution in [3.63, 3.8) is 0 Å². The molecule has 4 N–H and O–H groups in total. The average molecular weight is 311 g/mol. The van der Waals surface area contributed by atoms with Crippen LogP contribution in [0.5, 0.6) is 0 Å². The van der Waals surface area contributed by atoms with E-state index < -0.39 is 28.8 Å². The molecule has 10 heteroatoms. The van der Waals surface area contributed by atoms with Gasteiger partial charge >= 0.3 is 12.2 Å². The molecule has 1 rings (SSSR count). The number of benzene rings is 1. The minimum Gasteiger partial charge on any atom is -0.334 e. The van der Waals surface area contributed by atoms with Gasteiger partial charge in [-0.2, -0.15) is 13.2 Å². The Morgan fingerprint density at radius 2 is 1.90 bits per heavy atom. The van der Waals surface area contributed by atoms with Crippen LogP contribution in [0.1, 0.15) is 5.56 Å². The Morgan fingerprint density at radius 3 is 2.45 bits per heavy atom. The van der Waals surface area contributed by atoms with E-state index in [1.165, 1.54) is 24.3 Å². The van der Waals surface area contributed by atoms with Crippen LogP contribution in [0.25, 0.3) is 0 Å². The molecular weight excluding hydrogens is 299 g/mol. The van der Waals surface area contributed by atoms with E-state index in [9.17, 15) is 26.4 Å². The number of halogens is 3. The summed E-state index contributed by atoms with van der Waals surface area (Å²) >= 11 is 0. The number of hydrogen-bond acceptors (Lipinski definition) is 3. The van der Waals surface area contributed by atoms with Gasteiger partial charge < -0.3 is 10.6 Å². The minimum atomic E-state index is -4.50. The van der Waals surface area contributed by atoms with Gasteiger partial charge in [-0.1, -0.05) is 12.1 Å². The standard InChI is InChI=1S/C10H12F3N3O3S/c11-10(12,13)6-16-9(17)15-5-7-2-1-3-8(4-7)20(14,18)19/h1-4H,5-6H2,(H2,14,18,19)(H2,15,16,17). The zero-order valence-electron chi connectivity index (χ0n) is 10.1. The van der Waals surface area contributed by atoms with E-state index in [1.54, 1.807) is 5.32 Å². The molecule has 0 bridgehead atoms. The lowest BCUT2D eigenvalue weighted by atomic mass is 10.2. The van der Waals surface area contributed by atoms with Crippen LogP contribution in [0.15, 0.2) is 29.2 Å². The van der Waals surface area contributed by atoms with Gasteiger partial charge in [-0.25, -0.2) is 18.4 Å². The largest absolute Gasteiger partial charge is 0.405 e. The Balaban J connectivity index is 2.56. The second kappa shape index (κ2) is 6.09. The predicted molar refractivity (Wildman–Crippen MR) is 64.1 cm³/mol. The van der Waals surface area contributed by atoms with Crippen molar-refractivity contribution in [2.24, 2.45) is 5.14 Å². The summed E-state index contributed by atoms with van der Waals surface area (Å²) in [6, 6.07) is 4.38. The molecular formula is C10H12F3N3O3S. The second-order valence-electron chi connectivity index (χ2n) is 3.84. The van der Waals surface area contributed by atoms with Crippen LogP contribution in [0, 0.1) is 0 Å². The van der Waals surface area contributed by atoms with E-state index in [4.69, 9.17) is 5.14 Å². The molecule has 6 nitrogen and oxygen atoms in total. The Hall–Kier alpha value is -1.81. The van der Waals surface area contributed by atoms with Gasteiger partial charge in [-0.3, -0.25) is 0 Å². The summed E-state index contributed by atoms with van der Waals surface area (Å²) in [6.07, 6.45) is -4.50. The Labute approximate surface area is 113 Å². The van der Waals surface area contributed by atoms with Crippen LogP contribution in [0.2, 0.25) is 0 Å². The summed E-state index contributed by atoms with van der Waals surface area (Å²) in [4.78, 5) is 10.9. The number of nitrogens with one attached hydrogen (secondary N) is 2. The smallest absolute Gasteiger partial charge is 0.334 e. The monoisotopic (exact) mass is 311 g/mol. The number of primary sulfonamides is 1. The van der Waals surface area contributed by atoms with Crippen LogP contribution in [-0.2, 0) is 16.6 Å². The number of carbonyl (C=O) groups excluding carboxylic acids is 1. The number of amides is 2. The number of rotatable bonds is 4. The van der Waals surface area contributed by atoms with Gasteiger partial charge in [0.05, 0.1) is 4.90 Å². The Kier molecular flexibility index (Phi) is 4.95. The van der Waals surface area contributed by atoms with E-state index in [2.05, 4.69) is 5.32 Å². The maximum Gasteiger partial charge on any atom is 0.405 e. The first-order chi connectivity index (χ1) is 9.08. The third-order valence-corrected chi connectivity index (χ3v) is 3.04. The van der Waals surface area contributed by atoms with Crippen molar-refractivity contribution in [1.29, 1.82) is 0 Å². The third-order valence-electron chi connectivity index (χ3n) is 2.13. The zero-order valence-corrected chi connectivity index (χ0v) is 10.9. The second-order valence-corrected chi connectivity index (χ2v) is 5.41. The number of hydrogen-bond donors (Lipinski definition) is 3. The van der Waals surface area contributed by atoms with Gasteiger partial charge in [0.2, 0.25) is 10.0 Å². The first kappa shape index (κ1) is 16.2. The van der Waals surface area contributed by atoms with E-state index >= 15 is 0 Å². The summed E-state index contributed by atoms with van der Waals surface area (Å²) in [5.41, 5.74) is 0.388. The van der Waals surface area contributed by atoms with Gasteiger partial charge in [-0.05, 0) is 17.7 Å². The van der Waals surface area contributed by atoms with Crippen molar-refractivity contribution in [3.05, 3.63) is 29.8 Å². The number of carbonyl (C=O) groups is 1. The molecule has 0 radical (unpaired) electrons. The molecule has 0 saturated carbocycles. The van der Waals surface area contributed by atoms with Gasteiger partial charge in [-0.15, -0.1) is 0 Å². The molecule has 0 aliphatic carbocycles. The summed E-state index contributed by atoms with van der Waals surface area (Å²) in [5, 5.41) is 8.71. The lowest BCUT2D eigenvalue weighted by molar-refractivity contribution is -0.122. The van der Waals surface area contributed by atoms with Crippen molar-refractivity contribution in [1.82, 2.24) is 10.6 Å². The fourth-order valence-corrected chi connectivity index (χ4v) is 1.84. The molecule has 2 amide bonds. The first-order valence-electron chi connectivity index (χ1n) is 5.28. The topological polar surface area (TPSA) is 101 Å². The lowest BCUT2D eigenvalue weighted by Crippen LogP contribution is -2.40. The highest BCUT2D eigenvalue weighted by atomic mass is 32.2. The van der Waals surface area contributed by atoms with Crippen LogP contribution in [0.3, 0.4) is 0 Å². The molecule has 20 heavy (non-hydrogen) atoms. The third kappa shape index (κ3) is 5.89. The molecule has 1 aromatic rings. The first-order valence-corrected chi connectivity index (χ1v) is 6.83. The maximum atomic E-state index is 11.8. The molecule has 0 aliphatic rings. The molecule has 0 aliphatic heterocycles. The van der Waals surface area contributed by atoms with Crippen LogP contribution < -0.4 is 15.8 Å². The van der Waals surface area contributed by atoms with Gasteiger partial charge in [0.15, 0.2) is 0 Å². The predicted octanol–water partition coefficient (Wildman–Crippen LogP) is 0.695. The highest BCUT2D eigenvalue weighted by Crippen LogP contribution is 2.12. The van der Waals surface area contributed by atoms with Gasteiger partial charge in [0.1, 0.15) is 6.54 Å². The molecule has 112 valence electrons. The summed E-state index contributed by atoms with van der Waals surface area (Å²) < 4.78 is 57.7. The number of sulfonamides is 1.